The number of halogens is 2. The van der Waals surface area contributed by atoms with Crippen LogP contribution in [0.5, 0.6) is 5.75 Å². The van der Waals surface area contributed by atoms with Crippen molar-refractivity contribution in [3.8, 4) is 11.8 Å². The smallest absolute Gasteiger partial charge is 0.335 e. The van der Waals surface area contributed by atoms with Crippen molar-refractivity contribution < 1.29 is 19.6 Å². The minimum atomic E-state index is -1.02. The highest BCUT2D eigenvalue weighted by atomic mass is 35.5. The minimum absolute atomic E-state index is 0.0729. The molecule has 0 aliphatic carbocycles. The second kappa shape index (κ2) is 9.96. The summed E-state index contributed by atoms with van der Waals surface area (Å²) in [5.74, 6) is -0.765. The lowest BCUT2D eigenvalue weighted by Gasteiger charge is -2.11. The molecular formula is C23H14Cl2N2O5. The molecule has 0 amide bonds. The lowest BCUT2D eigenvalue weighted by molar-refractivity contribution is -0.384. The number of nitro benzene ring substituents is 1. The Balaban J connectivity index is 1.80. The van der Waals surface area contributed by atoms with Gasteiger partial charge in [-0.2, -0.15) is 5.26 Å². The number of nitrogens with zero attached hydrogens (tertiary/aromatic N) is 2. The maximum absolute atomic E-state index is 10.9. The van der Waals surface area contributed by atoms with Crippen molar-refractivity contribution in [3.05, 3.63) is 103 Å². The van der Waals surface area contributed by atoms with E-state index in [4.69, 9.17) is 33.0 Å². The summed E-state index contributed by atoms with van der Waals surface area (Å²) in [6.07, 6.45) is 1.56. The number of ether oxygens (including phenoxy) is 1. The molecule has 3 aromatic carbocycles. The van der Waals surface area contributed by atoms with E-state index in [1.54, 1.807) is 30.3 Å². The van der Waals surface area contributed by atoms with Crippen LogP contribution in [-0.2, 0) is 6.61 Å². The van der Waals surface area contributed by atoms with E-state index in [9.17, 15) is 20.2 Å². The van der Waals surface area contributed by atoms with Crippen LogP contribution in [0.25, 0.3) is 11.6 Å². The molecule has 0 heterocycles. The van der Waals surface area contributed by atoms with E-state index >= 15 is 0 Å². The molecule has 0 aliphatic heterocycles. The molecular weight excluding hydrogens is 455 g/mol. The fourth-order valence-electron chi connectivity index (χ4n) is 2.81. The Kier molecular flexibility index (Phi) is 7.11. The quantitative estimate of drug-likeness (QED) is 0.190. The maximum atomic E-state index is 10.9. The third-order valence-electron chi connectivity index (χ3n) is 4.43. The number of carboxylic acid groups (broad SMARTS) is 1. The van der Waals surface area contributed by atoms with Gasteiger partial charge in [-0.3, -0.25) is 10.1 Å². The van der Waals surface area contributed by atoms with Gasteiger partial charge < -0.3 is 9.84 Å². The molecule has 32 heavy (non-hydrogen) atoms. The van der Waals surface area contributed by atoms with Crippen molar-refractivity contribution in [2.24, 2.45) is 0 Å². The van der Waals surface area contributed by atoms with E-state index in [0.717, 1.165) is 5.56 Å². The molecule has 0 saturated heterocycles. The van der Waals surface area contributed by atoms with Crippen LogP contribution in [0, 0.1) is 21.4 Å². The van der Waals surface area contributed by atoms with Gasteiger partial charge in [-0.1, -0.05) is 35.3 Å². The van der Waals surface area contributed by atoms with Gasteiger partial charge in [-0.05, 0) is 59.2 Å². The average Bonchev–Trinajstić information content (AvgIpc) is 2.77. The lowest BCUT2D eigenvalue weighted by atomic mass is 10.0. The molecule has 3 aromatic rings. The van der Waals surface area contributed by atoms with Gasteiger partial charge in [0.25, 0.3) is 5.69 Å². The standard InChI is InChI=1S/C23H14Cl2N2O5/c24-20-10-15(9-18(12-26)16-5-7-19(8-6-16)27(30)31)11-21(25)22(20)32-13-14-1-3-17(4-2-14)23(28)29/h1-11H,13H2,(H,28,29)/b18-9+. The normalized spacial score (nSPS) is 11.0. The maximum Gasteiger partial charge on any atom is 0.335 e. The minimum Gasteiger partial charge on any atom is -0.486 e. The van der Waals surface area contributed by atoms with E-state index < -0.39 is 10.9 Å². The molecule has 0 fully saturated rings. The fraction of sp³-hybridized carbons (Fsp3) is 0.0435. The Labute approximate surface area is 192 Å². The van der Waals surface area contributed by atoms with Gasteiger partial charge in [0.2, 0.25) is 0 Å². The van der Waals surface area contributed by atoms with Crippen molar-refractivity contribution in [3.63, 3.8) is 0 Å². The molecule has 0 saturated carbocycles. The molecule has 7 nitrogen and oxygen atoms in total. The highest BCUT2D eigenvalue weighted by Crippen LogP contribution is 2.36. The number of aromatic carboxylic acids is 1. The molecule has 0 spiro atoms. The molecule has 9 heteroatoms. The van der Waals surface area contributed by atoms with E-state index in [1.165, 1.54) is 36.4 Å². The number of nitro groups is 1. The second-order valence-electron chi connectivity index (χ2n) is 6.58. The third kappa shape index (κ3) is 5.43. The summed E-state index contributed by atoms with van der Waals surface area (Å²) in [6.45, 7) is 0.126. The van der Waals surface area contributed by atoms with Gasteiger partial charge in [-0.25, -0.2) is 4.79 Å². The van der Waals surface area contributed by atoms with Crippen molar-refractivity contribution in [2.45, 2.75) is 6.61 Å². The molecule has 0 atom stereocenters. The molecule has 0 radical (unpaired) electrons. The van der Waals surface area contributed by atoms with Gasteiger partial charge in [0.15, 0.2) is 5.75 Å². The van der Waals surface area contributed by atoms with E-state index in [2.05, 4.69) is 6.07 Å². The molecule has 0 unspecified atom stereocenters. The average molecular weight is 469 g/mol. The van der Waals surface area contributed by atoms with Gasteiger partial charge in [0.1, 0.15) is 6.61 Å². The third-order valence-corrected chi connectivity index (χ3v) is 4.99. The van der Waals surface area contributed by atoms with Crippen LogP contribution in [0.4, 0.5) is 5.69 Å². The van der Waals surface area contributed by atoms with Crippen LogP contribution in [0.15, 0.2) is 60.7 Å². The Bertz CT molecular complexity index is 1220. The summed E-state index contributed by atoms with van der Waals surface area (Å²) in [5.41, 5.74) is 2.16. The van der Waals surface area contributed by atoms with Crippen LogP contribution < -0.4 is 4.74 Å². The number of nitriles is 1. The predicted molar refractivity (Wildman–Crippen MR) is 121 cm³/mol. The van der Waals surface area contributed by atoms with E-state index in [1.807, 2.05) is 0 Å². The zero-order valence-electron chi connectivity index (χ0n) is 16.3. The largest absolute Gasteiger partial charge is 0.486 e. The SMILES string of the molecule is N#C/C(=C\c1cc(Cl)c(OCc2ccc(C(=O)O)cc2)c(Cl)c1)c1ccc([N+](=O)[O-])cc1. The molecule has 0 aliphatic rings. The van der Waals surface area contributed by atoms with Gasteiger partial charge >= 0.3 is 5.97 Å². The summed E-state index contributed by atoms with van der Waals surface area (Å²) in [7, 11) is 0. The van der Waals surface area contributed by atoms with Crippen LogP contribution >= 0.6 is 23.2 Å². The highest BCUT2D eigenvalue weighted by Gasteiger charge is 2.12. The Morgan fingerprint density at radius 3 is 2.12 bits per heavy atom. The number of carbonyl (C=O) groups is 1. The van der Waals surface area contributed by atoms with Gasteiger partial charge in [0.05, 0.1) is 32.2 Å². The van der Waals surface area contributed by atoms with E-state index in [-0.39, 0.29) is 39.2 Å². The lowest BCUT2D eigenvalue weighted by Crippen LogP contribution is -1.99. The zero-order valence-corrected chi connectivity index (χ0v) is 17.8. The van der Waals surface area contributed by atoms with Gasteiger partial charge in [0, 0.05) is 12.1 Å². The summed E-state index contributed by atoms with van der Waals surface area (Å²) >= 11 is 12.6. The first-order valence-corrected chi connectivity index (χ1v) is 9.85. The first kappa shape index (κ1) is 22.8. The summed E-state index contributed by atoms with van der Waals surface area (Å²) < 4.78 is 5.70. The first-order chi connectivity index (χ1) is 15.3. The number of carboxylic acids is 1. The van der Waals surface area contributed by atoms with Crippen LogP contribution in [0.1, 0.15) is 27.0 Å². The topological polar surface area (TPSA) is 113 Å². The number of benzene rings is 3. The Morgan fingerprint density at radius 1 is 1.06 bits per heavy atom. The fourth-order valence-corrected chi connectivity index (χ4v) is 3.42. The van der Waals surface area contributed by atoms with E-state index in [0.29, 0.717) is 11.1 Å². The van der Waals surface area contributed by atoms with Crippen molar-refractivity contribution in [1.82, 2.24) is 0 Å². The second-order valence-corrected chi connectivity index (χ2v) is 7.39. The molecule has 3 rings (SSSR count). The summed E-state index contributed by atoms with van der Waals surface area (Å²) in [6, 6.07) is 17.0. The number of allylic oxidation sites excluding steroid dienone is 1. The number of non-ortho nitro benzene ring substituents is 1. The summed E-state index contributed by atoms with van der Waals surface area (Å²) in [4.78, 5) is 21.2. The highest BCUT2D eigenvalue weighted by molar-refractivity contribution is 6.37. The molecule has 160 valence electrons. The molecule has 1 N–H and O–H groups in total. The monoisotopic (exact) mass is 468 g/mol. The predicted octanol–water partition coefficient (Wildman–Crippen LogP) is 6.24. The number of hydrogen-bond acceptors (Lipinski definition) is 5. The number of hydrogen-bond donors (Lipinski definition) is 1. The number of rotatable bonds is 7. The van der Waals surface area contributed by atoms with Crippen molar-refractivity contribution >= 4 is 46.5 Å². The molecule has 0 bridgehead atoms. The summed E-state index contributed by atoms with van der Waals surface area (Å²) in [5, 5.41) is 29.7. The first-order valence-electron chi connectivity index (χ1n) is 9.09. The molecule has 0 aromatic heterocycles. The van der Waals surface area contributed by atoms with Crippen molar-refractivity contribution in [1.29, 1.82) is 5.26 Å². The van der Waals surface area contributed by atoms with Crippen LogP contribution in [-0.4, -0.2) is 16.0 Å². The van der Waals surface area contributed by atoms with Crippen molar-refractivity contribution in [2.75, 3.05) is 0 Å². The Hall–Kier alpha value is -3.86. The van der Waals surface area contributed by atoms with Gasteiger partial charge in [-0.15, -0.1) is 0 Å². The van der Waals surface area contributed by atoms with Crippen LogP contribution in [0.3, 0.4) is 0 Å². The zero-order chi connectivity index (χ0) is 23.3. The Morgan fingerprint density at radius 2 is 1.62 bits per heavy atom. The van der Waals surface area contributed by atoms with Crippen LogP contribution in [0.2, 0.25) is 10.0 Å².